The van der Waals surface area contributed by atoms with Crippen molar-refractivity contribution in [2.24, 2.45) is 0 Å². The standard InChI is InChI=1S/C32H35FN6O3/c1-17(2)26-28(19(4)10-11-34-26)39-30-24(29(36-31(39)40)38-13-12-37(32(41)42)16-20(38)5)15-22(21-7-8-21)27(35-30)23-14-18(3)6-9-25(23)33/h6,9-11,14-15,17,20-21H,7-8,12-13,16H2,1-5H3,(H,41,42). The predicted octanol–water partition coefficient (Wildman–Crippen LogP) is 5.79. The SMILES string of the molecule is Cc1ccc(F)c(-c2nc3c(cc2C2CC2)c(N2CCN(C(=O)O)CC2C)nc(=O)n3-c2c(C)ccnc2C(C)C)c1. The fraction of sp³-hybridized carbons (Fsp3) is 0.406. The van der Waals surface area contributed by atoms with Gasteiger partial charge < -0.3 is 14.9 Å². The molecule has 3 aromatic heterocycles. The normalized spacial score (nSPS) is 17.4. The first-order valence-electron chi connectivity index (χ1n) is 14.5. The molecule has 1 aliphatic carbocycles. The third-order valence-electron chi connectivity index (χ3n) is 8.37. The molecule has 0 spiro atoms. The number of benzene rings is 1. The monoisotopic (exact) mass is 570 g/mol. The number of rotatable bonds is 5. The first kappa shape index (κ1) is 27.8. The summed E-state index contributed by atoms with van der Waals surface area (Å²) in [4.78, 5) is 43.5. The number of anilines is 1. The van der Waals surface area contributed by atoms with Gasteiger partial charge in [0.15, 0.2) is 5.65 Å². The average Bonchev–Trinajstić information content (AvgIpc) is 3.79. The van der Waals surface area contributed by atoms with Crippen LogP contribution in [0, 0.1) is 19.7 Å². The summed E-state index contributed by atoms with van der Waals surface area (Å²) in [6, 6.07) is 8.69. The number of carbonyl (C=O) groups is 1. The highest BCUT2D eigenvalue weighted by Gasteiger charge is 2.33. The number of carboxylic acid groups (broad SMARTS) is 1. The Morgan fingerprint density at radius 3 is 2.52 bits per heavy atom. The number of aryl methyl sites for hydroxylation is 2. The van der Waals surface area contributed by atoms with Crippen LogP contribution in [0.1, 0.15) is 67.8 Å². The van der Waals surface area contributed by atoms with Gasteiger partial charge in [0.2, 0.25) is 0 Å². The molecule has 1 unspecified atom stereocenters. The lowest BCUT2D eigenvalue weighted by atomic mass is 9.98. The Bertz CT molecular complexity index is 1780. The van der Waals surface area contributed by atoms with Crippen LogP contribution in [0.4, 0.5) is 15.0 Å². The van der Waals surface area contributed by atoms with Crippen LogP contribution in [0.3, 0.4) is 0 Å². The van der Waals surface area contributed by atoms with Gasteiger partial charge >= 0.3 is 11.8 Å². The maximum Gasteiger partial charge on any atom is 0.407 e. The highest BCUT2D eigenvalue weighted by atomic mass is 19.1. The van der Waals surface area contributed by atoms with Gasteiger partial charge in [-0.15, -0.1) is 0 Å². The van der Waals surface area contributed by atoms with Crippen LogP contribution in [0.5, 0.6) is 0 Å². The summed E-state index contributed by atoms with van der Waals surface area (Å²) in [6.07, 6.45) is 2.72. The van der Waals surface area contributed by atoms with E-state index in [0.29, 0.717) is 46.9 Å². The van der Waals surface area contributed by atoms with Gasteiger partial charge in [0.25, 0.3) is 0 Å². The van der Waals surface area contributed by atoms with E-state index in [1.807, 2.05) is 57.7 Å². The van der Waals surface area contributed by atoms with Crippen LogP contribution in [0.25, 0.3) is 28.0 Å². The van der Waals surface area contributed by atoms with Crippen molar-refractivity contribution in [1.29, 1.82) is 0 Å². The van der Waals surface area contributed by atoms with Gasteiger partial charge in [-0.05, 0) is 80.8 Å². The summed E-state index contributed by atoms with van der Waals surface area (Å²) in [7, 11) is 0. The molecule has 1 amide bonds. The molecule has 42 heavy (non-hydrogen) atoms. The number of pyridine rings is 2. The highest BCUT2D eigenvalue weighted by molar-refractivity contribution is 5.92. The Morgan fingerprint density at radius 2 is 1.86 bits per heavy atom. The van der Waals surface area contributed by atoms with Gasteiger partial charge in [0.05, 0.1) is 22.5 Å². The van der Waals surface area contributed by atoms with Gasteiger partial charge in [-0.25, -0.2) is 23.5 Å². The maximum absolute atomic E-state index is 15.4. The second-order valence-corrected chi connectivity index (χ2v) is 11.9. The Hall–Kier alpha value is -4.34. The molecule has 1 N–H and O–H groups in total. The minimum atomic E-state index is -0.967. The van der Waals surface area contributed by atoms with Crippen LogP contribution in [-0.4, -0.2) is 61.3 Å². The van der Waals surface area contributed by atoms with E-state index in [1.165, 1.54) is 15.5 Å². The molecular formula is C32H35FN6O3. The topological polar surface area (TPSA) is 104 Å². The molecular weight excluding hydrogens is 535 g/mol. The molecule has 4 aromatic rings. The average molecular weight is 571 g/mol. The first-order valence-corrected chi connectivity index (χ1v) is 14.5. The molecule has 6 rings (SSSR count). The maximum atomic E-state index is 15.4. The molecule has 2 fully saturated rings. The van der Waals surface area contributed by atoms with Crippen molar-refractivity contribution >= 4 is 22.9 Å². The quantitative estimate of drug-likeness (QED) is 0.324. The predicted molar refractivity (Wildman–Crippen MR) is 160 cm³/mol. The smallest absolute Gasteiger partial charge is 0.407 e. The van der Waals surface area contributed by atoms with Crippen LogP contribution in [0.2, 0.25) is 0 Å². The number of hydrogen-bond acceptors (Lipinski definition) is 6. The fourth-order valence-electron chi connectivity index (χ4n) is 6.04. The van der Waals surface area contributed by atoms with Crippen molar-refractivity contribution in [2.45, 2.75) is 65.3 Å². The summed E-state index contributed by atoms with van der Waals surface area (Å²) in [5.74, 6) is 0.362. The summed E-state index contributed by atoms with van der Waals surface area (Å²) >= 11 is 0. The van der Waals surface area contributed by atoms with Crippen molar-refractivity contribution in [2.75, 3.05) is 24.5 Å². The zero-order valence-electron chi connectivity index (χ0n) is 24.6. The van der Waals surface area contributed by atoms with Crippen LogP contribution >= 0.6 is 0 Å². The Balaban J connectivity index is 1.69. The van der Waals surface area contributed by atoms with Crippen LogP contribution < -0.4 is 10.6 Å². The number of halogens is 1. The Kier molecular flexibility index (Phi) is 6.95. The molecule has 2 aliphatic rings. The number of nitrogens with zero attached hydrogens (tertiary/aromatic N) is 6. The molecule has 0 radical (unpaired) electrons. The summed E-state index contributed by atoms with van der Waals surface area (Å²) in [6.45, 7) is 10.8. The zero-order valence-corrected chi connectivity index (χ0v) is 24.6. The van der Waals surface area contributed by atoms with E-state index in [0.717, 1.165) is 35.2 Å². The molecule has 1 saturated carbocycles. The fourth-order valence-corrected chi connectivity index (χ4v) is 6.04. The molecule has 218 valence electrons. The van der Waals surface area contributed by atoms with Crippen molar-refractivity contribution in [3.05, 3.63) is 75.2 Å². The van der Waals surface area contributed by atoms with Gasteiger partial charge in [-0.2, -0.15) is 4.98 Å². The summed E-state index contributed by atoms with van der Waals surface area (Å²) in [5.41, 5.74) is 4.90. The lowest BCUT2D eigenvalue weighted by Crippen LogP contribution is -2.54. The molecule has 1 aliphatic heterocycles. The number of hydrogen-bond donors (Lipinski definition) is 1. The molecule has 1 atom stereocenters. The lowest BCUT2D eigenvalue weighted by Gasteiger charge is -2.39. The molecule has 1 aromatic carbocycles. The molecule has 0 bridgehead atoms. The minimum Gasteiger partial charge on any atom is -0.465 e. The van der Waals surface area contributed by atoms with E-state index < -0.39 is 11.8 Å². The third-order valence-corrected chi connectivity index (χ3v) is 8.37. The van der Waals surface area contributed by atoms with Gasteiger partial charge in [-0.3, -0.25) is 4.98 Å². The zero-order chi connectivity index (χ0) is 29.9. The second-order valence-electron chi connectivity index (χ2n) is 11.9. The number of fused-ring (bicyclic) bond motifs is 1. The molecule has 1 saturated heterocycles. The molecule has 4 heterocycles. The van der Waals surface area contributed by atoms with Crippen molar-refractivity contribution in [3.8, 4) is 16.9 Å². The van der Waals surface area contributed by atoms with E-state index in [2.05, 4.69) is 9.97 Å². The highest BCUT2D eigenvalue weighted by Crippen LogP contribution is 2.46. The van der Waals surface area contributed by atoms with Gasteiger partial charge in [-0.1, -0.05) is 25.5 Å². The molecule has 10 heteroatoms. The first-order chi connectivity index (χ1) is 20.0. The van der Waals surface area contributed by atoms with Gasteiger partial charge in [0, 0.05) is 37.4 Å². The van der Waals surface area contributed by atoms with Gasteiger partial charge in [0.1, 0.15) is 11.6 Å². The van der Waals surface area contributed by atoms with E-state index in [-0.39, 0.29) is 30.2 Å². The Labute approximate surface area is 243 Å². The lowest BCUT2D eigenvalue weighted by molar-refractivity contribution is 0.136. The van der Waals surface area contributed by atoms with E-state index in [9.17, 15) is 14.7 Å². The molecule has 9 nitrogen and oxygen atoms in total. The largest absolute Gasteiger partial charge is 0.465 e. The third kappa shape index (κ3) is 4.78. The van der Waals surface area contributed by atoms with E-state index >= 15 is 4.39 Å². The summed E-state index contributed by atoms with van der Waals surface area (Å²) < 4.78 is 16.9. The minimum absolute atomic E-state index is 0.0186. The van der Waals surface area contributed by atoms with Crippen LogP contribution in [-0.2, 0) is 0 Å². The van der Waals surface area contributed by atoms with E-state index in [4.69, 9.17) is 4.98 Å². The Morgan fingerprint density at radius 1 is 1.10 bits per heavy atom. The van der Waals surface area contributed by atoms with Crippen molar-refractivity contribution in [3.63, 3.8) is 0 Å². The summed E-state index contributed by atoms with van der Waals surface area (Å²) in [5, 5.41) is 10.2. The van der Waals surface area contributed by atoms with Crippen molar-refractivity contribution < 1.29 is 14.3 Å². The van der Waals surface area contributed by atoms with Crippen LogP contribution in [0.15, 0.2) is 41.3 Å². The van der Waals surface area contributed by atoms with Crippen molar-refractivity contribution in [1.82, 2.24) is 24.4 Å². The number of piperazine rings is 1. The number of amides is 1. The second kappa shape index (κ2) is 10.5. The van der Waals surface area contributed by atoms with E-state index in [1.54, 1.807) is 12.3 Å². The number of aromatic nitrogens is 4.